The number of nitrogens with one attached hydrogen (secondary N) is 2. The molecular formula is C16H23ClN2S. The van der Waals surface area contributed by atoms with E-state index in [2.05, 4.69) is 28.8 Å². The Kier molecular flexibility index (Phi) is 6.77. The Morgan fingerprint density at radius 3 is 2.90 bits per heavy atom. The molecule has 0 spiro atoms. The Labute approximate surface area is 130 Å². The van der Waals surface area contributed by atoms with Gasteiger partial charge in [-0.25, -0.2) is 0 Å². The summed E-state index contributed by atoms with van der Waals surface area (Å²) in [6.45, 7) is 2.02. The minimum Gasteiger partial charge on any atom is -0.361 e. The van der Waals surface area contributed by atoms with E-state index in [0.717, 1.165) is 23.6 Å². The molecular weight excluding hydrogens is 288 g/mol. The van der Waals surface area contributed by atoms with Gasteiger partial charge < -0.3 is 10.3 Å². The Morgan fingerprint density at radius 2 is 2.05 bits per heavy atom. The topological polar surface area (TPSA) is 27.8 Å². The van der Waals surface area contributed by atoms with E-state index in [1.807, 2.05) is 23.9 Å². The van der Waals surface area contributed by atoms with E-state index in [0.29, 0.717) is 0 Å². The largest absolute Gasteiger partial charge is 0.361 e. The summed E-state index contributed by atoms with van der Waals surface area (Å²) in [7, 11) is 0. The van der Waals surface area contributed by atoms with Gasteiger partial charge in [-0.2, -0.15) is 11.8 Å². The van der Waals surface area contributed by atoms with Gasteiger partial charge in [0.1, 0.15) is 0 Å². The number of H-pyrrole nitrogens is 1. The van der Waals surface area contributed by atoms with Gasteiger partial charge in [0.15, 0.2) is 0 Å². The van der Waals surface area contributed by atoms with Gasteiger partial charge in [-0.15, -0.1) is 0 Å². The molecule has 1 heterocycles. The zero-order chi connectivity index (χ0) is 14.2. The smallest absolute Gasteiger partial charge is 0.0472 e. The summed E-state index contributed by atoms with van der Waals surface area (Å²) < 4.78 is 0. The van der Waals surface area contributed by atoms with Crippen LogP contribution in [0.15, 0.2) is 24.4 Å². The number of unbranched alkanes of at least 4 members (excludes halogenated alkanes) is 3. The second-order valence-electron chi connectivity index (χ2n) is 5.09. The Hall–Kier alpha value is -0.640. The summed E-state index contributed by atoms with van der Waals surface area (Å²) in [4.78, 5) is 3.28. The molecule has 0 atom stereocenters. The average Bonchev–Trinajstić information content (AvgIpc) is 2.84. The summed E-state index contributed by atoms with van der Waals surface area (Å²) >= 11 is 7.93. The van der Waals surface area contributed by atoms with Crippen molar-refractivity contribution in [3.05, 3.63) is 35.0 Å². The minimum absolute atomic E-state index is 0.782. The van der Waals surface area contributed by atoms with Crippen molar-refractivity contribution in [3.63, 3.8) is 0 Å². The molecule has 0 saturated heterocycles. The van der Waals surface area contributed by atoms with E-state index in [-0.39, 0.29) is 0 Å². The molecule has 0 saturated carbocycles. The van der Waals surface area contributed by atoms with Crippen molar-refractivity contribution in [1.29, 1.82) is 0 Å². The lowest BCUT2D eigenvalue weighted by Crippen LogP contribution is -2.14. The number of halogens is 1. The van der Waals surface area contributed by atoms with E-state index in [1.54, 1.807) is 0 Å². The van der Waals surface area contributed by atoms with Gasteiger partial charge in [0.05, 0.1) is 0 Å². The van der Waals surface area contributed by atoms with Gasteiger partial charge in [-0.05, 0) is 49.1 Å². The monoisotopic (exact) mass is 310 g/mol. The van der Waals surface area contributed by atoms with Crippen LogP contribution in [0, 0.1) is 0 Å². The van der Waals surface area contributed by atoms with Crippen molar-refractivity contribution in [3.8, 4) is 0 Å². The molecule has 0 amide bonds. The second kappa shape index (κ2) is 8.60. The van der Waals surface area contributed by atoms with Gasteiger partial charge in [0.2, 0.25) is 0 Å². The minimum atomic E-state index is 0.782. The molecule has 2 N–H and O–H groups in total. The lowest BCUT2D eigenvalue weighted by molar-refractivity contribution is 0.600. The highest BCUT2D eigenvalue weighted by molar-refractivity contribution is 7.98. The van der Waals surface area contributed by atoms with Gasteiger partial charge >= 0.3 is 0 Å². The molecule has 2 aromatic rings. The van der Waals surface area contributed by atoms with Crippen LogP contribution in [-0.4, -0.2) is 23.5 Å². The third kappa shape index (κ3) is 4.72. The molecule has 1 aromatic carbocycles. The quantitative estimate of drug-likeness (QED) is 0.649. The first-order valence-electron chi connectivity index (χ1n) is 7.26. The molecule has 2 rings (SSSR count). The molecule has 0 aliphatic heterocycles. The molecule has 0 unspecified atom stereocenters. The van der Waals surface area contributed by atoms with Crippen molar-refractivity contribution < 1.29 is 0 Å². The molecule has 110 valence electrons. The number of aromatic amines is 1. The summed E-state index contributed by atoms with van der Waals surface area (Å²) in [5.74, 6) is 1.30. The van der Waals surface area contributed by atoms with Gasteiger partial charge in [-0.1, -0.05) is 30.5 Å². The van der Waals surface area contributed by atoms with Crippen molar-refractivity contribution in [1.82, 2.24) is 10.3 Å². The summed E-state index contributed by atoms with van der Waals surface area (Å²) in [6.07, 6.45) is 9.56. The van der Waals surface area contributed by atoms with E-state index in [9.17, 15) is 0 Å². The van der Waals surface area contributed by atoms with Crippen LogP contribution >= 0.6 is 23.4 Å². The Morgan fingerprint density at radius 1 is 1.20 bits per heavy atom. The molecule has 2 nitrogen and oxygen atoms in total. The third-order valence-electron chi connectivity index (χ3n) is 3.50. The van der Waals surface area contributed by atoms with Crippen molar-refractivity contribution in [2.24, 2.45) is 0 Å². The fraction of sp³-hybridized carbons (Fsp3) is 0.500. The fourth-order valence-electron chi connectivity index (χ4n) is 2.38. The molecule has 20 heavy (non-hydrogen) atoms. The number of benzene rings is 1. The van der Waals surface area contributed by atoms with Crippen LogP contribution in [0.4, 0.5) is 0 Å². The maximum absolute atomic E-state index is 5.99. The number of hydrogen-bond acceptors (Lipinski definition) is 2. The highest BCUT2D eigenvalue weighted by Gasteiger charge is 2.03. The van der Waals surface area contributed by atoms with Crippen LogP contribution in [0.2, 0.25) is 5.02 Å². The van der Waals surface area contributed by atoms with Crippen LogP contribution in [0.5, 0.6) is 0 Å². The van der Waals surface area contributed by atoms with E-state index < -0.39 is 0 Å². The standard InChI is InChI=1S/C16H23ClN2S/c1-20-9-5-3-2-4-8-18-11-13-12-19-16-10-14(17)6-7-15(13)16/h6-7,10,12,18-19H,2-5,8-9,11H2,1H3. The molecule has 0 aliphatic carbocycles. The SMILES string of the molecule is CSCCCCCCNCc1c[nH]c2cc(Cl)ccc12. The zero-order valence-electron chi connectivity index (χ0n) is 12.0. The average molecular weight is 311 g/mol. The molecule has 0 fully saturated rings. The predicted octanol–water partition coefficient (Wildman–Crippen LogP) is 4.83. The number of hydrogen-bond donors (Lipinski definition) is 2. The number of rotatable bonds is 9. The first-order valence-corrected chi connectivity index (χ1v) is 9.03. The van der Waals surface area contributed by atoms with Gasteiger partial charge in [0.25, 0.3) is 0 Å². The van der Waals surface area contributed by atoms with Crippen molar-refractivity contribution in [2.45, 2.75) is 32.2 Å². The lowest BCUT2D eigenvalue weighted by Gasteiger charge is -2.04. The van der Waals surface area contributed by atoms with E-state index >= 15 is 0 Å². The zero-order valence-corrected chi connectivity index (χ0v) is 13.6. The number of fused-ring (bicyclic) bond motifs is 1. The predicted molar refractivity (Wildman–Crippen MR) is 91.9 cm³/mol. The third-order valence-corrected chi connectivity index (χ3v) is 4.43. The lowest BCUT2D eigenvalue weighted by atomic mass is 10.1. The molecule has 0 radical (unpaired) electrons. The van der Waals surface area contributed by atoms with Crippen LogP contribution in [0.1, 0.15) is 31.2 Å². The fourth-order valence-corrected chi connectivity index (χ4v) is 3.04. The van der Waals surface area contributed by atoms with E-state index in [4.69, 9.17) is 11.6 Å². The normalized spacial score (nSPS) is 11.3. The second-order valence-corrected chi connectivity index (χ2v) is 6.51. The Bertz CT molecular complexity index is 524. The van der Waals surface area contributed by atoms with Crippen molar-refractivity contribution >= 4 is 34.3 Å². The highest BCUT2D eigenvalue weighted by Crippen LogP contribution is 2.21. The first kappa shape index (κ1) is 15.7. The summed E-state index contributed by atoms with van der Waals surface area (Å²) in [6, 6.07) is 6.02. The van der Waals surface area contributed by atoms with Crippen molar-refractivity contribution in [2.75, 3.05) is 18.6 Å². The summed E-state index contributed by atoms with van der Waals surface area (Å²) in [5, 5.41) is 5.57. The van der Waals surface area contributed by atoms with Gasteiger partial charge in [0, 0.05) is 28.7 Å². The number of thioether (sulfide) groups is 1. The molecule has 0 aliphatic rings. The summed E-state index contributed by atoms with van der Waals surface area (Å²) in [5.41, 5.74) is 2.44. The van der Waals surface area contributed by atoms with Crippen LogP contribution in [-0.2, 0) is 6.54 Å². The van der Waals surface area contributed by atoms with E-state index in [1.165, 1.54) is 42.4 Å². The first-order chi connectivity index (χ1) is 9.81. The van der Waals surface area contributed by atoms with Crippen LogP contribution in [0.3, 0.4) is 0 Å². The highest BCUT2D eigenvalue weighted by atomic mass is 35.5. The van der Waals surface area contributed by atoms with Crippen LogP contribution in [0.25, 0.3) is 10.9 Å². The van der Waals surface area contributed by atoms with Crippen LogP contribution < -0.4 is 5.32 Å². The molecule has 4 heteroatoms. The van der Waals surface area contributed by atoms with Gasteiger partial charge in [-0.3, -0.25) is 0 Å². The maximum Gasteiger partial charge on any atom is 0.0472 e. The Balaban J connectivity index is 1.68. The maximum atomic E-state index is 5.99. The molecule has 1 aromatic heterocycles. The number of aromatic nitrogens is 1. The molecule has 0 bridgehead atoms.